The van der Waals surface area contributed by atoms with Gasteiger partial charge in [0.05, 0.1) is 6.54 Å². The van der Waals surface area contributed by atoms with Crippen LogP contribution in [-0.2, 0) is 19.4 Å². The highest BCUT2D eigenvalue weighted by Gasteiger charge is 2.09. The van der Waals surface area contributed by atoms with Crippen LogP contribution in [0.25, 0.3) is 0 Å². The molecule has 0 amide bonds. The third-order valence-electron chi connectivity index (χ3n) is 2.96. The molecule has 2 aromatic heterocycles. The van der Waals surface area contributed by atoms with E-state index in [1.165, 1.54) is 4.88 Å². The number of hydrogen-bond acceptors (Lipinski definition) is 5. The number of thiazole rings is 1. The molecule has 0 aliphatic rings. The summed E-state index contributed by atoms with van der Waals surface area (Å²) >= 11 is 7.89. The first-order chi connectivity index (χ1) is 9.63. The zero-order valence-corrected chi connectivity index (χ0v) is 13.6. The maximum Gasteiger partial charge on any atom is 0.137 e. The van der Waals surface area contributed by atoms with E-state index in [9.17, 15) is 0 Å². The van der Waals surface area contributed by atoms with Crippen LogP contribution in [0.3, 0.4) is 0 Å². The summed E-state index contributed by atoms with van der Waals surface area (Å²) in [6, 6.07) is 0. The maximum absolute atomic E-state index is 6.16. The van der Waals surface area contributed by atoms with E-state index in [1.807, 2.05) is 13.1 Å². The van der Waals surface area contributed by atoms with Crippen molar-refractivity contribution in [3.8, 4) is 0 Å². The molecule has 4 nitrogen and oxygen atoms in total. The zero-order valence-electron chi connectivity index (χ0n) is 12.0. The van der Waals surface area contributed by atoms with E-state index in [0.29, 0.717) is 11.7 Å². The van der Waals surface area contributed by atoms with Gasteiger partial charge in [0, 0.05) is 23.1 Å². The molecule has 0 radical (unpaired) electrons. The second-order valence-electron chi connectivity index (χ2n) is 4.58. The number of nitrogens with one attached hydrogen (secondary N) is 1. The number of aryl methyl sites for hydroxylation is 2. The smallest absolute Gasteiger partial charge is 0.137 e. The van der Waals surface area contributed by atoms with Crippen LogP contribution in [-0.4, -0.2) is 15.0 Å². The van der Waals surface area contributed by atoms with Gasteiger partial charge in [0.1, 0.15) is 21.8 Å². The minimum Gasteiger partial charge on any atom is -0.363 e. The van der Waals surface area contributed by atoms with E-state index < -0.39 is 0 Å². The number of hydrogen-bond donors (Lipinski definition) is 1. The maximum atomic E-state index is 6.16. The third kappa shape index (κ3) is 3.67. The van der Waals surface area contributed by atoms with Gasteiger partial charge in [0.25, 0.3) is 0 Å². The SMILES string of the molecule is CCCc1nc(Cl)c(C)c(NCc2ncc(CC)s2)n1. The van der Waals surface area contributed by atoms with Gasteiger partial charge in [-0.25, -0.2) is 15.0 Å². The Bertz CT molecular complexity index is 583. The standard InChI is InChI=1S/C14H19ClN4S/c1-4-6-11-18-13(15)9(3)14(19-11)17-8-12-16-7-10(5-2)20-12/h7H,4-6,8H2,1-3H3,(H,17,18,19). The second-order valence-corrected chi connectivity index (χ2v) is 6.14. The topological polar surface area (TPSA) is 50.7 Å². The molecule has 0 aromatic carbocycles. The predicted octanol–water partition coefficient (Wildman–Crippen LogP) is 4.02. The number of halogens is 1. The fourth-order valence-corrected chi connectivity index (χ4v) is 2.78. The number of anilines is 1. The summed E-state index contributed by atoms with van der Waals surface area (Å²) in [6.45, 7) is 6.84. The monoisotopic (exact) mass is 310 g/mol. The van der Waals surface area contributed by atoms with Crippen molar-refractivity contribution < 1.29 is 0 Å². The lowest BCUT2D eigenvalue weighted by Crippen LogP contribution is -2.07. The Kier molecular flexibility index (Phi) is 5.31. The molecule has 0 saturated carbocycles. The molecule has 0 aliphatic carbocycles. The first-order valence-electron chi connectivity index (χ1n) is 6.84. The van der Waals surface area contributed by atoms with Crippen molar-refractivity contribution in [1.82, 2.24) is 15.0 Å². The van der Waals surface area contributed by atoms with Crippen molar-refractivity contribution in [3.05, 3.63) is 32.6 Å². The zero-order chi connectivity index (χ0) is 14.5. The van der Waals surface area contributed by atoms with Gasteiger partial charge in [-0.15, -0.1) is 11.3 Å². The van der Waals surface area contributed by atoms with Crippen LogP contribution in [0.5, 0.6) is 0 Å². The largest absolute Gasteiger partial charge is 0.363 e. The molecule has 2 rings (SSSR count). The summed E-state index contributed by atoms with van der Waals surface area (Å²) in [4.78, 5) is 14.5. The fraction of sp³-hybridized carbons (Fsp3) is 0.500. The van der Waals surface area contributed by atoms with Crippen LogP contribution in [0.1, 0.15) is 41.5 Å². The number of aromatic nitrogens is 3. The summed E-state index contributed by atoms with van der Waals surface area (Å²) in [6.07, 6.45) is 4.80. The summed E-state index contributed by atoms with van der Waals surface area (Å²) in [5, 5.41) is 4.91. The van der Waals surface area contributed by atoms with E-state index in [1.54, 1.807) is 11.3 Å². The van der Waals surface area contributed by atoms with Crippen molar-refractivity contribution in [2.45, 2.75) is 46.6 Å². The van der Waals surface area contributed by atoms with Crippen LogP contribution < -0.4 is 5.32 Å². The Balaban J connectivity index is 2.11. The van der Waals surface area contributed by atoms with Gasteiger partial charge in [-0.05, 0) is 19.8 Å². The van der Waals surface area contributed by atoms with Gasteiger partial charge in [-0.2, -0.15) is 0 Å². The normalized spacial score (nSPS) is 10.8. The summed E-state index contributed by atoms with van der Waals surface area (Å²) in [5.74, 6) is 1.60. The Morgan fingerprint density at radius 2 is 2.10 bits per heavy atom. The summed E-state index contributed by atoms with van der Waals surface area (Å²) in [7, 11) is 0. The quantitative estimate of drug-likeness (QED) is 0.819. The Labute approximate surface area is 128 Å². The lowest BCUT2D eigenvalue weighted by atomic mass is 10.3. The molecule has 0 aliphatic heterocycles. The molecule has 20 heavy (non-hydrogen) atoms. The molecule has 0 spiro atoms. The van der Waals surface area contributed by atoms with E-state index in [4.69, 9.17) is 11.6 Å². The fourth-order valence-electron chi connectivity index (χ4n) is 1.79. The molecule has 6 heteroatoms. The lowest BCUT2D eigenvalue weighted by Gasteiger charge is -2.10. The van der Waals surface area contributed by atoms with Crippen molar-refractivity contribution in [3.63, 3.8) is 0 Å². The highest BCUT2D eigenvalue weighted by Crippen LogP contribution is 2.22. The molecule has 1 N–H and O–H groups in total. The summed E-state index contributed by atoms with van der Waals surface area (Å²) in [5.41, 5.74) is 0.888. The Hall–Kier alpha value is -1.20. The average Bonchev–Trinajstić information content (AvgIpc) is 2.89. The molecule has 0 atom stereocenters. The van der Waals surface area contributed by atoms with Gasteiger partial charge in [-0.3, -0.25) is 0 Å². The van der Waals surface area contributed by atoms with E-state index in [0.717, 1.165) is 41.5 Å². The minimum absolute atomic E-state index is 0.527. The van der Waals surface area contributed by atoms with Gasteiger partial charge in [0.15, 0.2) is 0 Å². The molecule has 0 fully saturated rings. The second kappa shape index (κ2) is 6.99. The molecule has 108 valence electrons. The molecular formula is C14H19ClN4S. The minimum atomic E-state index is 0.527. The Morgan fingerprint density at radius 3 is 2.75 bits per heavy atom. The van der Waals surface area contributed by atoms with E-state index in [-0.39, 0.29) is 0 Å². The number of rotatable bonds is 6. The van der Waals surface area contributed by atoms with Crippen molar-refractivity contribution in [2.75, 3.05) is 5.32 Å². The third-order valence-corrected chi connectivity index (χ3v) is 4.47. The average molecular weight is 311 g/mol. The first-order valence-corrected chi connectivity index (χ1v) is 8.04. The van der Waals surface area contributed by atoms with Crippen molar-refractivity contribution >= 4 is 28.8 Å². The van der Waals surface area contributed by atoms with Gasteiger partial charge in [-0.1, -0.05) is 25.4 Å². The van der Waals surface area contributed by atoms with Crippen LogP contribution >= 0.6 is 22.9 Å². The molecule has 2 aromatic rings. The molecule has 0 saturated heterocycles. The van der Waals surface area contributed by atoms with E-state index in [2.05, 4.69) is 34.1 Å². The predicted molar refractivity (Wildman–Crippen MR) is 84.6 cm³/mol. The van der Waals surface area contributed by atoms with Crippen LogP contribution in [0.2, 0.25) is 5.15 Å². The Morgan fingerprint density at radius 1 is 1.30 bits per heavy atom. The van der Waals surface area contributed by atoms with Gasteiger partial charge >= 0.3 is 0 Å². The molecule has 2 heterocycles. The van der Waals surface area contributed by atoms with Gasteiger partial charge in [0.2, 0.25) is 0 Å². The molecule has 0 bridgehead atoms. The highest BCUT2D eigenvalue weighted by molar-refractivity contribution is 7.11. The van der Waals surface area contributed by atoms with Crippen LogP contribution in [0.4, 0.5) is 5.82 Å². The van der Waals surface area contributed by atoms with Crippen molar-refractivity contribution in [2.24, 2.45) is 0 Å². The van der Waals surface area contributed by atoms with Crippen molar-refractivity contribution in [1.29, 1.82) is 0 Å². The van der Waals surface area contributed by atoms with Crippen LogP contribution in [0, 0.1) is 6.92 Å². The van der Waals surface area contributed by atoms with E-state index >= 15 is 0 Å². The highest BCUT2D eigenvalue weighted by atomic mass is 35.5. The summed E-state index contributed by atoms with van der Waals surface area (Å²) < 4.78 is 0. The lowest BCUT2D eigenvalue weighted by molar-refractivity contribution is 0.829. The van der Waals surface area contributed by atoms with Gasteiger partial charge < -0.3 is 5.32 Å². The van der Waals surface area contributed by atoms with Crippen LogP contribution in [0.15, 0.2) is 6.20 Å². The molecule has 0 unspecified atom stereocenters. The number of nitrogens with zero attached hydrogens (tertiary/aromatic N) is 3. The molecular weight excluding hydrogens is 292 g/mol. The first kappa shape index (κ1) is 15.2.